The molecule has 1 aliphatic rings. The highest BCUT2D eigenvalue weighted by Crippen LogP contribution is 2.18. The third-order valence-corrected chi connectivity index (χ3v) is 4.85. The Morgan fingerprint density at radius 1 is 1.40 bits per heavy atom. The zero-order chi connectivity index (χ0) is 17.6. The normalized spacial score (nSPS) is 21.1. The van der Waals surface area contributed by atoms with Gasteiger partial charge in [0.05, 0.1) is 12.6 Å². The Morgan fingerprint density at radius 3 is 3.04 bits per heavy atom. The first-order chi connectivity index (χ1) is 12.2. The minimum absolute atomic E-state index is 0.125. The molecule has 2 aromatic rings. The molecule has 1 fully saturated rings. The highest BCUT2D eigenvalue weighted by molar-refractivity contribution is 5.28. The van der Waals surface area contributed by atoms with Crippen LogP contribution in [0.15, 0.2) is 36.7 Å². The van der Waals surface area contributed by atoms with Crippen LogP contribution in [-0.4, -0.2) is 70.3 Å². The van der Waals surface area contributed by atoms with E-state index < -0.39 is 0 Å². The van der Waals surface area contributed by atoms with Gasteiger partial charge in [-0.1, -0.05) is 19.1 Å². The Labute approximate surface area is 149 Å². The van der Waals surface area contributed by atoms with Crippen molar-refractivity contribution in [2.75, 3.05) is 33.3 Å². The quantitative estimate of drug-likeness (QED) is 0.760. The third-order valence-electron chi connectivity index (χ3n) is 4.85. The SMILES string of the molecule is CCc1cccc(OCCN(C)[C@@H]2CN(Cc3ncc[nH]3)C[C@H]2O)c1. The molecule has 0 aliphatic carbocycles. The lowest BCUT2D eigenvalue weighted by Crippen LogP contribution is -2.42. The molecule has 136 valence electrons. The van der Waals surface area contributed by atoms with Gasteiger partial charge in [0.1, 0.15) is 18.2 Å². The minimum atomic E-state index is -0.344. The average molecular weight is 344 g/mol. The molecule has 0 radical (unpaired) electrons. The second-order valence-electron chi connectivity index (χ2n) is 6.69. The van der Waals surface area contributed by atoms with Gasteiger partial charge in [0, 0.05) is 38.1 Å². The van der Waals surface area contributed by atoms with E-state index in [0.29, 0.717) is 13.2 Å². The molecule has 0 unspecified atom stereocenters. The number of imidazole rings is 1. The lowest BCUT2D eigenvalue weighted by atomic mass is 10.2. The van der Waals surface area contributed by atoms with Crippen molar-refractivity contribution in [1.82, 2.24) is 19.8 Å². The van der Waals surface area contributed by atoms with Crippen LogP contribution in [0.1, 0.15) is 18.3 Å². The molecule has 1 aromatic carbocycles. The first kappa shape index (κ1) is 17.9. The molecule has 1 saturated heterocycles. The fourth-order valence-corrected chi connectivity index (χ4v) is 3.33. The van der Waals surface area contributed by atoms with Crippen molar-refractivity contribution in [3.8, 4) is 5.75 Å². The Morgan fingerprint density at radius 2 is 2.28 bits per heavy atom. The summed E-state index contributed by atoms with van der Waals surface area (Å²) in [4.78, 5) is 11.8. The first-order valence-corrected chi connectivity index (χ1v) is 8.96. The van der Waals surface area contributed by atoms with Crippen LogP contribution >= 0.6 is 0 Å². The van der Waals surface area contributed by atoms with Crippen LogP contribution in [0.25, 0.3) is 0 Å². The van der Waals surface area contributed by atoms with Crippen LogP contribution in [0.3, 0.4) is 0 Å². The van der Waals surface area contributed by atoms with Crippen LogP contribution in [0.2, 0.25) is 0 Å². The van der Waals surface area contributed by atoms with Gasteiger partial charge in [-0.15, -0.1) is 0 Å². The van der Waals surface area contributed by atoms with Crippen molar-refractivity contribution >= 4 is 0 Å². The second kappa shape index (κ2) is 8.47. The number of aryl methyl sites for hydroxylation is 1. The summed E-state index contributed by atoms with van der Waals surface area (Å²) in [6, 6.07) is 8.36. The van der Waals surface area contributed by atoms with Crippen molar-refractivity contribution in [3.63, 3.8) is 0 Å². The molecule has 2 heterocycles. The molecule has 1 aromatic heterocycles. The molecule has 0 amide bonds. The second-order valence-corrected chi connectivity index (χ2v) is 6.69. The molecular formula is C19H28N4O2. The maximum atomic E-state index is 10.4. The zero-order valence-electron chi connectivity index (χ0n) is 15.1. The third kappa shape index (κ3) is 4.81. The number of rotatable bonds is 8. The monoisotopic (exact) mass is 344 g/mol. The van der Waals surface area contributed by atoms with Crippen molar-refractivity contribution < 1.29 is 9.84 Å². The molecule has 6 nitrogen and oxygen atoms in total. The minimum Gasteiger partial charge on any atom is -0.492 e. The van der Waals surface area contributed by atoms with Gasteiger partial charge in [-0.25, -0.2) is 4.98 Å². The molecule has 0 bridgehead atoms. The number of hydrogen-bond acceptors (Lipinski definition) is 5. The number of ether oxygens (including phenoxy) is 1. The summed E-state index contributed by atoms with van der Waals surface area (Å²) in [6.07, 6.45) is 4.26. The van der Waals surface area contributed by atoms with Crippen molar-refractivity contribution in [1.29, 1.82) is 0 Å². The van der Waals surface area contributed by atoms with Gasteiger partial charge in [0.25, 0.3) is 0 Å². The number of hydrogen-bond donors (Lipinski definition) is 2. The predicted molar refractivity (Wildman–Crippen MR) is 97.6 cm³/mol. The predicted octanol–water partition coefficient (Wildman–Crippen LogP) is 1.53. The number of aliphatic hydroxyl groups is 1. The molecule has 2 atom stereocenters. The number of aromatic nitrogens is 2. The van der Waals surface area contributed by atoms with Crippen LogP contribution in [0, 0.1) is 0 Å². The highest BCUT2D eigenvalue weighted by Gasteiger charge is 2.34. The molecule has 2 N–H and O–H groups in total. The maximum Gasteiger partial charge on any atom is 0.120 e. The van der Waals surface area contributed by atoms with Gasteiger partial charge in [-0.2, -0.15) is 0 Å². The molecule has 0 spiro atoms. The van der Waals surface area contributed by atoms with Crippen LogP contribution < -0.4 is 4.74 Å². The summed E-state index contributed by atoms with van der Waals surface area (Å²) >= 11 is 0. The summed E-state index contributed by atoms with van der Waals surface area (Å²) in [5.41, 5.74) is 1.28. The fraction of sp³-hybridized carbons (Fsp3) is 0.526. The van der Waals surface area contributed by atoms with E-state index in [-0.39, 0.29) is 12.1 Å². The van der Waals surface area contributed by atoms with E-state index in [1.165, 1.54) is 5.56 Å². The Balaban J connectivity index is 1.45. The van der Waals surface area contributed by atoms with Crippen LogP contribution in [-0.2, 0) is 13.0 Å². The molecule has 0 saturated carbocycles. The Kier molecular flexibility index (Phi) is 6.07. The van der Waals surface area contributed by atoms with E-state index in [1.807, 2.05) is 18.3 Å². The van der Waals surface area contributed by atoms with Gasteiger partial charge in [-0.05, 0) is 31.2 Å². The van der Waals surface area contributed by atoms with E-state index in [4.69, 9.17) is 4.74 Å². The lowest BCUT2D eigenvalue weighted by Gasteiger charge is -2.26. The number of likely N-dealkylation sites (tertiary alicyclic amines) is 1. The van der Waals surface area contributed by atoms with Gasteiger partial charge < -0.3 is 14.8 Å². The van der Waals surface area contributed by atoms with E-state index in [2.05, 4.69) is 45.9 Å². The van der Waals surface area contributed by atoms with E-state index in [9.17, 15) is 5.11 Å². The molecule has 6 heteroatoms. The summed E-state index contributed by atoms with van der Waals surface area (Å²) in [5, 5.41) is 10.4. The van der Waals surface area contributed by atoms with E-state index in [1.54, 1.807) is 6.20 Å². The average Bonchev–Trinajstić information content (AvgIpc) is 3.25. The number of H-pyrrole nitrogens is 1. The molecule has 3 rings (SSSR count). The summed E-state index contributed by atoms with van der Waals surface area (Å²) in [5.74, 6) is 1.86. The fourth-order valence-electron chi connectivity index (χ4n) is 3.33. The molecule has 25 heavy (non-hydrogen) atoms. The summed E-state index contributed by atoms with van der Waals surface area (Å²) in [6.45, 7) is 5.80. The lowest BCUT2D eigenvalue weighted by molar-refractivity contribution is 0.0898. The summed E-state index contributed by atoms with van der Waals surface area (Å²) < 4.78 is 5.87. The number of aromatic amines is 1. The largest absolute Gasteiger partial charge is 0.492 e. The van der Waals surface area contributed by atoms with Gasteiger partial charge >= 0.3 is 0 Å². The number of nitrogens with zero attached hydrogens (tertiary/aromatic N) is 3. The topological polar surface area (TPSA) is 64.6 Å². The van der Waals surface area contributed by atoms with Gasteiger partial charge in [0.15, 0.2) is 0 Å². The van der Waals surface area contributed by atoms with Crippen LogP contribution in [0.5, 0.6) is 5.75 Å². The Bertz CT molecular complexity index is 647. The highest BCUT2D eigenvalue weighted by atomic mass is 16.5. The molecular weight excluding hydrogens is 316 g/mol. The summed E-state index contributed by atoms with van der Waals surface area (Å²) in [7, 11) is 2.05. The van der Waals surface area contributed by atoms with Gasteiger partial charge in [-0.3, -0.25) is 9.80 Å². The van der Waals surface area contributed by atoms with Crippen molar-refractivity contribution in [2.24, 2.45) is 0 Å². The number of likely N-dealkylation sites (N-methyl/N-ethyl adjacent to an activating group) is 1. The van der Waals surface area contributed by atoms with Crippen LogP contribution in [0.4, 0.5) is 0 Å². The smallest absolute Gasteiger partial charge is 0.120 e. The van der Waals surface area contributed by atoms with Crippen molar-refractivity contribution in [2.45, 2.75) is 32.0 Å². The standard InChI is InChI=1S/C19H28N4O2/c1-3-15-5-4-6-16(11-15)25-10-9-22(2)17-12-23(13-18(17)24)14-19-20-7-8-21-19/h4-8,11,17-18,24H,3,9-10,12-14H2,1-2H3,(H,20,21)/t17-,18-/m1/s1. The van der Waals surface area contributed by atoms with E-state index >= 15 is 0 Å². The first-order valence-electron chi connectivity index (χ1n) is 8.96. The number of β-amino-alcohol motifs (C(OH)–C–C–N with tert-alkyl or cyclic N) is 1. The van der Waals surface area contributed by atoms with Crippen molar-refractivity contribution in [3.05, 3.63) is 48.0 Å². The zero-order valence-corrected chi connectivity index (χ0v) is 15.1. The van der Waals surface area contributed by atoms with Gasteiger partial charge in [0.2, 0.25) is 0 Å². The number of nitrogens with one attached hydrogen (secondary N) is 1. The number of aliphatic hydroxyl groups excluding tert-OH is 1. The maximum absolute atomic E-state index is 10.4. The molecule has 1 aliphatic heterocycles. The van der Waals surface area contributed by atoms with E-state index in [0.717, 1.165) is 37.6 Å². The Hall–Kier alpha value is -1.89. The number of benzene rings is 1.